The Bertz CT molecular complexity index is 1680. The number of halogens is 2. The Morgan fingerprint density at radius 1 is 0.975 bits per heavy atom. The monoisotopic (exact) mass is 540 g/mol. The van der Waals surface area contributed by atoms with Crippen LogP contribution in [0, 0.1) is 23.0 Å². The average Bonchev–Trinajstić information content (AvgIpc) is 3.45. The van der Waals surface area contributed by atoms with Crippen LogP contribution in [-0.4, -0.2) is 43.9 Å². The van der Waals surface area contributed by atoms with E-state index < -0.39 is 17.2 Å². The molecule has 3 aromatic carbocycles. The normalized spacial score (nSPS) is 20.6. The van der Waals surface area contributed by atoms with Gasteiger partial charge in [0.2, 0.25) is 0 Å². The molecular weight excluding hydrogens is 510 g/mol. The molecule has 6 rings (SSSR count). The molecular formula is C31H30F2N6O. The van der Waals surface area contributed by atoms with E-state index in [1.54, 1.807) is 35.0 Å². The number of benzene rings is 3. The highest BCUT2D eigenvalue weighted by Gasteiger charge is 2.42. The van der Waals surface area contributed by atoms with Crippen LogP contribution in [0.3, 0.4) is 0 Å². The molecule has 7 nitrogen and oxygen atoms in total. The van der Waals surface area contributed by atoms with Gasteiger partial charge in [-0.05, 0) is 93.5 Å². The first-order valence-electron chi connectivity index (χ1n) is 13.5. The predicted molar refractivity (Wildman–Crippen MR) is 148 cm³/mol. The summed E-state index contributed by atoms with van der Waals surface area (Å²) in [5.41, 5.74) is 8.90. The fourth-order valence-electron chi connectivity index (χ4n) is 6.27. The summed E-state index contributed by atoms with van der Waals surface area (Å²) in [5, 5.41) is 17.7. The number of nitrogens with zero attached hydrogens (tertiary/aromatic N) is 5. The van der Waals surface area contributed by atoms with Gasteiger partial charge in [-0.2, -0.15) is 5.26 Å². The van der Waals surface area contributed by atoms with Gasteiger partial charge in [-0.1, -0.05) is 17.3 Å². The lowest BCUT2D eigenvalue weighted by Crippen LogP contribution is -2.50. The Balaban J connectivity index is 1.49. The first-order chi connectivity index (χ1) is 19.0. The smallest absolute Gasteiger partial charge is 0.254 e. The van der Waals surface area contributed by atoms with Crippen LogP contribution < -0.4 is 5.73 Å². The molecule has 2 aliphatic heterocycles. The largest absolute Gasteiger partial charge is 0.333 e. The minimum atomic E-state index is -0.685. The van der Waals surface area contributed by atoms with Crippen LogP contribution in [0.2, 0.25) is 0 Å². The van der Waals surface area contributed by atoms with Crippen LogP contribution in [-0.2, 0) is 5.54 Å². The summed E-state index contributed by atoms with van der Waals surface area (Å²) in [6.45, 7) is 5.88. The van der Waals surface area contributed by atoms with Crippen LogP contribution in [0.15, 0.2) is 48.5 Å². The lowest BCUT2D eigenvalue weighted by atomic mass is 9.90. The van der Waals surface area contributed by atoms with Crippen molar-refractivity contribution >= 4 is 16.9 Å². The average molecular weight is 541 g/mol. The summed E-state index contributed by atoms with van der Waals surface area (Å²) in [6, 6.07) is 14.5. The van der Waals surface area contributed by atoms with E-state index in [0.29, 0.717) is 33.3 Å². The molecule has 2 fully saturated rings. The number of aromatic nitrogens is 3. The van der Waals surface area contributed by atoms with Gasteiger partial charge in [-0.3, -0.25) is 4.79 Å². The maximum atomic E-state index is 15.8. The van der Waals surface area contributed by atoms with Gasteiger partial charge >= 0.3 is 0 Å². The zero-order chi connectivity index (χ0) is 28.3. The molecule has 3 atom stereocenters. The number of fused-ring (bicyclic) bond motifs is 3. The molecule has 204 valence electrons. The Kier molecular flexibility index (Phi) is 6.19. The summed E-state index contributed by atoms with van der Waals surface area (Å²) < 4.78 is 32.2. The quantitative estimate of drug-likeness (QED) is 0.356. The van der Waals surface area contributed by atoms with Gasteiger partial charge in [0, 0.05) is 35.3 Å². The van der Waals surface area contributed by atoms with Crippen molar-refractivity contribution in [1.29, 1.82) is 5.26 Å². The topological polar surface area (TPSA) is 101 Å². The summed E-state index contributed by atoms with van der Waals surface area (Å²) in [7, 11) is 0. The molecule has 0 aliphatic carbocycles. The van der Waals surface area contributed by atoms with E-state index in [-0.39, 0.29) is 35.2 Å². The molecule has 0 saturated carbocycles. The first kappa shape index (κ1) is 26.1. The van der Waals surface area contributed by atoms with E-state index in [1.807, 2.05) is 31.7 Å². The second kappa shape index (κ2) is 9.49. The van der Waals surface area contributed by atoms with E-state index in [9.17, 15) is 14.4 Å². The molecule has 2 N–H and O–H groups in total. The van der Waals surface area contributed by atoms with Gasteiger partial charge in [0.05, 0.1) is 16.6 Å². The van der Waals surface area contributed by atoms with Crippen LogP contribution >= 0.6 is 0 Å². The highest BCUT2D eigenvalue weighted by atomic mass is 19.1. The molecule has 40 heavy (non-hydrogen) atoms. The zero-order valence-corrected chi connectivity index (χ0v) is 22.7. The fraction of sp³-hybridized carbons (Fsp3) is 0.355. The van der Waals surface area contributed by atoms with Crippen molar-refractivity contribution in [2.24, 2.45) is 5.73 Å². The number of rotatable bonds is 3. The number of piperidine rings is 1. The lowest BCUT2D eigenvalue weighted by molar-refractivity contribution is 0.0575. The van der Waals surface area contributed by atoms with Crippen molar-refractivity contribution in [1.82, 2.24) is 19.9 Å². The number of carbonyl (C=O) groups is 1. The van der Waals surface area contributed by atoms with Crippen LogP contribution in [0.4, 0.5) is 8.78 Å². The number of carbonyl (C=O) groups excluding carboxylic acids is 1. The number of hydrogen-bond acceptors (Lipinski definition) is 5. The van der Waals surface area contributed by atoms with Crippen LogP contribution in [0.5, 0.6) is 0 Å². The summed E-state index contributed by atoms with van der Waals surface area (Å²) >= 11 is 0. The highest BCUT2D eigenvalue weighted by molar-refractivity contribution is 5.99. The Morgan fingerprint density at radius 3 is 2.35 bits per heavy atom. The van der Waals surface area contributed by atoms with Gasteiger partial charge in [0.1, 0.15) is 23.2 Å². The highest BCUT2D eigenvalue weighted by Crippen LogP contribution is 2.40. The van der Waals surface area contributed by atoms with Gasteiger partial charge < -0.3 is 10.6 Å². The zero-order valence-electron chi connectivity index (χ0n) is 22.7. The summed E-state index contributed by atoms with van der Waals surface area (Å²) in [5.74, 6) is -1.28. The molecule has 1 amide bonds. The first-order valence-corrected chi connectivity index (χ1v) is 13.5. The van der Waals surface area contributed by atoms with E-state index in [0.717, 1.165) is 25.7 Å². The van der Waals surface area contributed by atoms with E-state index in [4.69, 9.17) is 5.73 Å². The van der Waals surface area contributed by atoms with Gasteiger partial charge in [-0.25, -0.2) is 13.5 Å². The molecule has 2 aliphatic rings. The van der Waals surface area contributed by atoms with Crippen molar-refractivity contribution in [3.05, 3.63) is 71.3 Å². The predicted octanol–water partition coefficient (Wildman–Crippen LogP) is 5.76. The Labute approximate surface area is 231 Å². The van der Waals surface area contributed by atoms with Crippen molar-refractivity contribution in [2.45, 2.75) is 70.1 Å². The molecule has 2 saturated heterocycles. The van der Waals surface area contributed by atoms with E-state index >= 15 is 4.39 Å². The van der Waals surface area contributed by atoms with E-state index in [1.165, 1.54) is 18.2 Å². The molecule has 9 heteroatoms. The summed E-state index contributed by atoms with van der Waals surface area (Å²) in [6.07, 6.45) is 3.40. The van der Waals surface area contributed by atoms with Crippen molar-refractivity contribution in [3.63, 3.8) is 0 Å². The second-order valence-electron chi connectivity index (χ2n) is 11.9. The number of nitrogens with two attached hydrogens (primary N) is 1. The third kappa shape index (κ3) is 4.33. The van der Waals surface area contributed by atoms with Gasteiger partial charge in [0.15, 0.2) is 0 Å². The number of amides is 1. The standard InChI is InChI=1S/C31H30F2N6O/c1-31(2,3)39-29-15-27(33)25(14-28(29)36-37-39)23-9-6-18(10-24(23)17-4-5-19(16-34)26(32)11-17)30(40)38-21-7-8-22(38)13-20(35)12-21/h4-6,9-11,14-15,20-22H,7-8,12-13,35H2,1-3H3/t20-,21+,22-. The number of hydrogen-bond donors (Lipinski definition) is 1. The van der Waals surface area contributed by atoms with Gasteiger partial charge in [-0.15, -0.1) is 5.10 Å². The SMILES string of the molecule is CC(C)(C)n1nnc2cc(-c3ccc(C(=O)N4[C@@H]5CC[C@H]4C[C@@H](N)C5)cc3-c3ccc(C#N)c(F)c3)c(F)cc21. The molecule has 0 spiro atoms. The molecule has 1 aromatic heterocycles. The summed E-state index contributed by atoms with van der Waals surface area (Å²) in [4.78, 5) is 15.7. The molecule has 3 heterocycles. The van der Waals surface area contributed by atoms with Crippen LogP contribution in [0.25, 0.3) is 33.3 Å². The molecule has 0 radical (unpaired) electrons. The third-order valence-corrected chi connectivity index (χ3v) is 8.13. The third-order valence-electron chi connectivity index (χ3n) is 8.13. The van der Waals surface area contributed by atoms with Gasteiger partial charge in [0.25, 0.3) is 5.91 Å². The van der Waals surface area contributed by atoms with Crippen molar-refractivity contribution in [3.8, 4) is 28.3 Å². The minimum absolute atomic E-state index is 0.0924. The molecule has 4 aromatic rings. The maximum Gasteiger partial charge on any atom is 0.254 e. The Hall–Kier alpha value is -4.16. The van der Waals surface area contributed by atoms with Crippen molar-refractivity contribution < 1.29 is 13.6 Å². The lowest BCUT2D eigenvalue weighted by Gasteiger charge is -2.38. The second-order valence-corrected chi connectivity index (χ2v) is 11.9. The maximum absolute atomic E-state index is 15.8. The Morgan fingerprint density at radius 2 is 1.70 bits per heavy atom. The van der Waals surface area contributed by atoms with Crippen LogP contribution in [0.1, 0.15) is 62.4 Å². The fourth-order valence-corrected chi connectivity index (χ4v) is 6.27. The molecule has 2 bridgehead atoms. The number of nitriles is 1. The minimum Gasteiger partial charge on any atom is -0.333 e. The van der Waals surface area contributed by atoms with Crippen molar-refractivity contribution in [2.75, 3.05) is 0 Å². The van der Waals surface area contributed by atoms with E-state index in [2.05, 4.69) is 10.3 Å². The molecule has 0 unspecified atom stereocenters.